The Kier molecular flexibility index (Phi) is 4.86. The maximum Gasteiger partial charge on any atom is 0.224 e. The molecule has 1 aromatic heterocycles. The van der Waals surface area contributed by atoms with Crippen molar-refractivity contribution in [2.45, 2.75) is 20.4 Å². The van der Waals surface area contributed by atoms with Gasteiger partial charge in [-0.15, -0.1) is 0 Å². The number of aryl methyl sites for hydroxylation is 1. The second kappa shape index (κ2) is 6.63. The zero-order valence-electron chi connectivity index (χ0n) is 11.4. The summed E-state index contributed by atoms with van der Waals surface area (Å²) in [4.78, 5) is 14.2. The molecular weight excluding hydrogens is 248 g/mol. The molecule has 106 valence electrons. The van der Waals surface area contributed by atoms with E-state index in [0.717, 1.165) is 32.8 Å². The standard InChI is InChI=1S/C12H20N4O3/c1-9(8-16-3-5-18-6-4-16)12(17)13-7-11-10(2)14-19-15-11/h9H,3-8H2,1-2H3,(H,13,17). The molecule has 2 heterocycles. The maximum atomic E-state index is 12.0. The number of nitrogens with one attached hydrogen (secondary N) is 1. The SMILES string of the molecule is Cc1nonc1CNC(=O)C(C)CN1CCOCC1. The third-order valence-corrected chi connectivity index (χ3v) is 3.26. The monoisotopic (exact) mass is 268 g/mol. The zero-order chi connectivity index (χ0) is 13.7. The van der Waals surface area contributed by atoms with Gasteiger partial charge in [0.25, 0.3) is 0 Å². The Morgan fingerprint density at radius 2 is 2.16 bits per heavy atom. The second-order valence-electron chi connectivity index (χ2n) is 4.83. The molecule has 7 heteroatoms. The highest BCUT2D eigenvalue weighted by Crippen LogP contribution is 2.05. The number of rotatable bonds is 5. The average molecular weight is 268 g/mol. The Labute approximate surface area is 112 Å². The van der Waals surface area contributed by atoms with Gasteiger partial charge in [-0.2, -0.15) is 0 Å². The summed E-state index contributed by atoms with van der Waals surface area (Å²) in [5.41, 5.74) is 1.38. The summed E-state index contributed by atoms with van der Waals surface area (Å²) in [5, 5.41) is 10.3. The molecule has 1 saturated heterocycles. The van der Waals surface area contributed by atoms with Crippen molar-refractivity contribution in [3.05, 3.63) is 11.4 Å². The van der Waals surface area contributed by atoms with Crippen molar-refractivity contribution in [2.75, 3.05) is 32.8 Å². The number of morpholine rings is 1. The molecule has 1 aliphatic heterocycles. The lowest BCUT2D eigenvalue weighted by molar-refractivity contribution is -0.125. The van der Waals surface area contributed by atoms with Gasteiger partial charge >= 0.3 is 0 Å². The minimum atomic E-state index is -0.0572. The van der Waals surface area contributed by atoms with Crippen LogP contribution in [-0.4, -0.2) is 54.0 Å². The number of carbonyl (C=O) groups excluding carboxylic acids is 1. The van der Waals surface area contributed by atoms with Gasteiger partial charge in [0.15, 0.2) is 0 Å². The van der Waals surface area contributed by atoms with Crippen LogP contribution in [0.25, 0.3) is 0 Å². The number of aromatic nitrogens is 2. The van der Waals surface area contributed by atoms with Crippen LogP contribution in [0.2, 0.25) is 0 Å². The fraction of sp³-hybridized carbons (Fsp3) is 0.750. The summed E-state index contributed by atoms with van der Waals surface area (Å²) in [6.45, 7) is 8.13. The molecule has 1 unspecified atom stereocenters. The molecule has 1 aliphatic rings. The van der Waals surface area contributed by atoms with Crippen LogP contribution in [0.15, 0.2) is 4.63 Å². The van der Waals surface area contributed by atoms with Crippen LogP contribution in [0.3, 0.4) is 0 Å². The number of amides is 1. The Bertz CT molecular complexity index is 415. The highest BCUT2D eigenvalue weighted by atomic mass is 16.6. The highest BCUT2D eigenvalue weighted by Gasteiger charge is 2.19. The fourth-order valence-electron chi connectivity index (χ4n) is 2.01. The number of nitrogens with zero attached hydrogens (tertiary/aromatic N) is 3. The van der Waals surface area contributed by atoms with E-state index in [0.29, 0.717) is 17.9 Å². The lowest BCUT2D eigenvalue weighted by atomic mass is 10.1. The van der Waals surface area contributed by atoms with Gasteiger partial charge in [0, 0.05) is 25.6 Å². The minimum Gasteiger partial charge on any atom is -0.379 e. The van der Waals surface area contributed by atoms with Crippen LogP contribution in [-0.2, 0) is 16.1 Å². The molecule has 1 atom stereocenters. The van der Waals surface area contributed by atoms with Gasteiger partial charge in [-0.1, -0.05) is 17.2 Å². The van der Waals surface area contributed by atoms with E-state index in [-0.39, 0.29) is 11.8 Å². The van der Waals surface area contributed by atoms with Crippen LogP contribution in [0.1, 0.15) is 18.3 Å². The van der Waals surface area contributed by atoms with E-state index >= 15 is 0 Å². The summed E-state index contributed by atoms with van der Waals surface area (Å²) < 4.78 is 9.87. The minimum absolute atomic E-state index is 0.0221. The molecule has 1 fully saturated rings. The lowest BCUT2D eigenvalue weighted by Gasteiger charge is -2.28. The molecule has 0 radical (unpaired) electrons. The first-order valence-electron chi connectivity index (χ1n) is 6.52. The van der Waals surface area contributed by atoms with Gasteiger partial charge in [-0.05, 0) is 6.92 Å². The van der Waals surface area contributed by atoms with Crippen molar-refractivity contribution < 1.29 is 14.2 Å². The van der Waals surface area contributed by atoms with Crippen LogP contribution < -0.4 is 5.32 Å². The summed E-state index contributed by atoms with van der Waals surface area (Å²) in [6.07, 6.45) is 0. The third-order valence-electron chi connectivity index (χ3n) is 3.26. The summed E-state index contributed by atoms with van der Waals surface area (Å²) in [7, 11) is 0. The largest absolute Gasteiger partial charge is 0.379 e. The number of ether oxygens (including phenoxy) is 1. The van der Waals surface area contributed by atoms with Crippen LogP contribution >= 0.6 is 0 Å². The van der Waals surface area contributed by atoms with E-state index in [1.54, 1.807) is 6.92 Å². The smallest absolute Gasteiger partial charge is 0.224 e. The summed E-state index contributed by atoms with van der Waals surface area (Å²) in [6, 6.07) is 0. The average Bonchev–Trinajstić information content (AvgIpc) is 2.82. The Morgan fingerprint density at radius 1 is 1.42 bits per heavy atom. The quantitative estimate of drug-likeness (QED) is 0.807. The molecule has 0 aromatic carbocycles. The van der Waals surface area contributed by atoms with Gasteiger partial charge in [0.2, 0.25) is 5.91 Å². The molecule has 7 nitrogen and oxygen atoms in total. The van der Waals surface area contributed by atoms with Crippen molar-refractivity contribution >= 4 is 5.91 Å². The van der Waals surface area contributed by atoms with Crippen molar-refractivity contribution in [1.29, 1.82) is 0 Å². The van der Waals surface area contributed by atoms with Gasteiger partial charge in [0.05, 0.1) is 19.8 Å². The number of carbonyl (C=O) groups is 1. The van der Waals surface area contributed by atoms with Crippen molar-refractivity contribution in [3.63, 3.8) is 0 Å². The summed E-state index contributed by atoms with van der Waals surface area (Å²) in [5.74, 6) is -0.0350. The van der Waals surface area contributed by atoms with Crippen LogP contribution in [0.4, 0.5) is 0 Å². The highest BCUT2D eigenvalue weighted by molar-refractivity contribution is 5.78. The van der Waals surface area contributed by atoms with E-state index < -0.39 is 0 Å². The molecule has 1 N–H and O–H groups in total. The second-order valence-corrected chi connectivity index (χ2v) is 4.83. The van der Waals surface area contributed by atoms with Gasteiger partial charge in [0.1, 0.15) is 11.4 Å². The third kappa shape index (κ3) is 4.00. The summed E-state index contributed by atoms with van der Waals surface area (Å²) >= 11 is 0. The van der Waals surface area contributed by atoms with Crippen LogP contribution in [0, 0.1) is 12.8 Å². The molecule has 0 saturated carbocycles. The van der Waals surface area contributed by atoms with Gasteiger partial charge < -0.3 is 10.1 Å². The van der Waals surface area contributed by atoms with Crippen LogP contribution in [0.5, 0.6) is 0 Å². The van der Waals surface area contributed by atoms with E-state index in [1.807, 2.05) is 6.92 Å². The lowest BCUT2D eigenvalue weighted by Crippen LogP contribution is -2.42. The normalized spacial score (nSPS) is 18.2. The Morgan fingerprint density at radius 3 is 2.79 bits per heavy atom. The zero-order valence-corrected chi connectivity index (χ0v) is 11.4. The molecule has 0 aliphatic carbocycles. The number of hydrogen-bond acceptors (Lipinski definition) is 6. The van der Waals surface area contributed by atoms with E-state index in [9.17, 15) is 4.79 Å². The molecular formula is C12H20N4O3. The predicted molar refractivity (Wildman–Crippen MR) is 67.3 cm³/mol. The first-order chi connectivity index (χ1) is 9.16. The molecule has 1 amide bonds. The van der Waals surface area contributed by atoms with E-state index in [1.165, 1.54) is 0 Å². The van der Waals surface area contributed by atoms with Gasteiger partial charge in [-0.25, -0.2) is 4.63 Å². The van der Waals surface area contributed by atoms with E-state index in [4.69, 9.17) is 4.74 Å². The fourth-order valence-corrected chi connectivity index (χ4v) is 2.01. The van der Waals surface area contributed by atoms with Crippen molar-refractivity contribution in [1.82, 2.24) is 20.5 Å². The molecule has 0 spiro atoms. The first-order valence-corrected chi connectivity index (χ1v) is 6.52. The van der Waals surface area contributed by atoms with Crippen molar-refractivity contribution in [2.24, 2.45) is 5.92 Å². The van der Waals surface area contributed by atoms with Crippen molar-refractivity contribution in [3.8, 4) is 0 Å². The number of hydrogen-bond donors (Lipinski definition) is 1. The first kappa shape index (κ1) is 14.0. The molecule has 19 heavy (non-hydrogen) atoms. The van der Waals surface area contributed by atoms with Gasteiger partial charge in [-0.3, -0.25) is 9.69 Å². The van der Waals surface area contributed by atoms with E-state index in [2.05, 4.69) is 25.2 Å². The molecule has 1 aromatic rings. The molecule has 2 rings (SSSR count). The molecule has 0 bridgehead atoms. The predicted octanol–water partition coefficient (Wildman–Crippen LogP) is -0.0375. The maximum absolute atomic E-state index is 12.0. The Hall–Kier alpha value is -1.47. The Balaban J connectivity index is 1.74. The topological polar surface area (TPSA) is 80.5 Å².